The highest BCUT2D eigenvalue weighted by atomic mass is 32.2. The number of nitrogens with zero attached hydrogens (tertiary/aromatic N) is 2. The molecular weight excluding hydrogens is 286 g/mol. The summed E-state index contributed by atoms with van der Waals surface area (Å²) < 4.78 is 25.8. The van der Waals surface area contributed by atoms with E-state index in [1.165, 1.54) is 0 Å². The van der Waals surface area contributed by atoms with E-state index in [-0.39, 0.29) is 0 Å². The van der Waals surface area contributed by atoms with Gasteiger partial charge >= 0.3 is 0 Å². The molecule has 0 amide bonds. The molecule has 21 heavy (non-hydrogen) atoms. The molecule has 0 radical (unpaired) electrons. The van der Waals surface area contributed by atoms with Crippen molar-refractivity contribution in [3.8, 4) is 11.4 Å². The average Bonchev–Trinajstić information content (AvgIpc) is 2.48. The summed E-state index contributed by atoms with van der Waals surface area (Å²) in [5.41, 5.74) is 1.87. The zero-order valence-electron chi connectivity index (χ0n) is 12.2. The largest absolute Gasteiger partial charge is 0.236 e. The lowest BCUT2D eigenvalue weighted by Crippen LogP contribution is -2.32. The molecule has 1 N–H and O–H groups in total. The van der Waals surface area contributed by atoms with Gasteiger partial charge in [0.05, 0.1) is 5.25 Å². The Kier molecular flexibility index (Phi) is 5.03. The SMILES string of the molecule is CC(C)S(=O)(=O)NCCc1cnc(-c2ccccc2)nc1. The highest BCUT2D eigenvalue weighted by Crippen LogP contribution is 2.13. The minimum Gasteiger partial charge on any atom is -0.236 e. The van der Waals surface area contributed by atoms with Crippen LogP contribution in [-0.4, -0.2) is 30.2 Å². The molecular formula is C15H19N3O2S. The standard InChI is InChI=1S/C15H19N3O2S/c1-12(2)21(19,20)18-9-8-13-10-16-15(17-11-13)14-6-4-3-5-7-14/h3-7,10-12,18H,8-9H2,1-2H3. The van der Waals surface area contributed by atoms with Crippen LogP contribution < -0.4 is 4.72 Å². The van der Waals surface area contributed by atoms with E-state index in [2.05, 4.69) is 14.7 Å². The second-order valence-electron chi connectivity index (χ2n) is 5.02. The third-order valence-electron chi connectivity index (χ3n) is 3.07. The highest BCUT2D eigenvalue weighted by Gasteiger charge is 2.14. The summed E-state index contributed by atoms with van der Waals surface area (Å²) >= 11 is 0. The Balaban J connectivity index is 1.95. The molecule has 2 rings (SSSR count). The van der Waals surface area contributed by atoms with Gasteiger partial charge in [-0.1, -0.05) is 30.3 Å². The predicted molar refractivity (Wildman–Crippen MR) is 83.2 cm³/mol. The molecule has 0 fully saturated rings. The van der Waals surface area contributed by atoms with Crippen molar-refractivity contribution in [3.05, 3.63) is 48.3 Å². The van der Waals surface area contributed by atoms with Crippen molar-refractivity contribution < 1.29 is 8.42 Å². The fraction of sp³-hybridized carbons (Fsp3) is 0.333. The molecule has 1 aromatic heterocycles. The van der Waals surface area contributed by atoms with E-state index in [0.717, 1.165) is 11.1 Å². The lowest BCUT2D eigenvalue weighted by molar-refractivity contribution is 0.572. The molecule has 6 heteroatoms. The van der Waals surface area contributed by atoms with Gasteiger partial charge in [0.15, 0.2) is 5.82 Å². The molecule has 0 aliphatic rings. The average molecular weight is 305 g/mol. The first-order chi connectivity index (χ1) is 9.99. The summed E-state index contributed by atoms with van der Waals surface area (Å²) in [4.78, 5) is 8.62. The summed E-state index contributed by atoms with van der Waals surface area (Å²) in [6.45, 7) is 3.66. The van der Waals surface area contributed by atoms with E-state index in [9.17, 15) is 8.42 Å². The van der Waals surface area contributed by atoms with E-state index < -0.39 is 15.3 Å². The molecule has 0 atom stereocenters. The zero-order chi connectivity index (χ0) is 15.3. The van der Waals surface area contributed by atoms with Crippen LogP contribution in [0.4, 0.5) is 0 Å². The topological polar surface area (TPSA) is 72.0 Å². The predicted octanol–water partition coefficient (Wildman–Crippen LogP) is 2.01. The van der Waals surface area contributed by atoms with Crippen molar-refractivity contribution in [1.82, 2.24) is 14.7 Å². The summed E-state index contributed by atoms with van der Waals surface area (Å²) in [6.07, 6.45) is 4.04. The van der Waals surface area contributed by atoms with Crippen molar-refractivity contribution in [1.29, 1.82) is 0 Å². The molecule has 0 saturated carbocycles. The van der Waals surface area contributed by atoms with Gasteiger partial charge in [-0.15, -0.1) is 0 Å². The van der Waals surface area contributed by atoms with Gasteiger partial charge in [0.2, 0.25) is 10.0 Å². The van der Waals surface area contributed by atoms with Gasteiger partial charge in [0.1, 0.15) is 0 Å². The Hall–Kier alpha value is -1.79. The molecule has 0 aliphatic heterocycles. The normalized spacial score (nSPS) is 11.8. The van der Waals surface area contributed by atoms with Gasteiger partial charge in [0.25, 0.3) is 0 Å². The first-order valence-corrected chi connectivity index (χ1v) is 8.38. The van der Waals surface area contributed by atoms with Gasteiger partial charge in [-0.2, -0.15) is 0 Å². The number of sulfonamides is 1. The first kappa shape index (κ1) is 15.6. The Bertz CT molecular complexity index is 668. The lowest BCUT2D eigenvalue weighted by Gasteiger charge is -2.09. The second-order valence-corrected chi connectivity index (χ2v) is 7.34. The molecule has 0 spiro atoms. The quantitative estimate of drug-likeness (QED) is 0.886. The van der Waals surface area contributed by atoms with Crippen LogP contribution in [0.1, 0.15) is 19.4 Å². The number of nitrogens with one attached hydrogen (secondary N) is 1. The molecule has 0 aliphatic carbocycles. The lowest BCUT2D eigenvalue weighted by atomic mass is 10.2. The number of rotatable bonds is 6. The van der Waals surface area contributed by atoms with Crippen molar-refractivity contribution in [2.45, 2.75) is 25.5 Å². The molecule has 5 nitrogen and oxygen atoms in total. The third kappa shape index (κ3) is 4.34. The zero-order valence-corrected chi connectivity index (χ0v) is 13.0. The van der Waals surface area contributed by atoms with Crippen LogP contribution in [0.3, 0.4) is 0 Å². The van der Waals surface area contributed by atoms with Crippen LogP contribution in [0.2, 0.25) is 0 Å². The molecule has 1 aromatic carbocycles. The number of hydrogen-bond acceptors (Lipinski definition) is 4. The monoisotopic (exact) mass is 305 g/mol. The maximum Gasteiger partial charge on any atom is 0.213 e. The van der Waals surface area contributed by atoms with E-state index in [1.54, 1.807) is 26.2 Å². The van der Waals surface area contributed by atoms with Crippen molar-refractivity contribution >= 4 is 10.0 Å². The molecule has 2 aromatic rings. The van der Waals surface area contributed by atoms with Crippen LogP contribution in [0.5, 0.6) is 0 Å². The van der Waals surface area contributed by atoms with Crippen LogP contribution >= 0.6 is 0 Å². The summed E-state index contributed by atoms with van der Waals surface area (Å²) in [5, 5.41) is -0.422. The van der Waals surface area contributed by atoms with Crippen molar-refractivity contribution in [3.63, 3.8) is 0 Å². The highest BCUT2D eigenvalue weighted by molar-refractivity contribution is 7.90. The number of hydrogen-bond donors (Lipinski definition) is 1. The van der Waals surface area contributed by atoms with Crippen LogP contribution in [0.15, 0.2) is 42.7 Å². The molecule has 1 heterocycles. The van der Waals surface area contributed by atoms with Crippen molar-refractivity contribution in [2.24, 2.45) is 0 Å². The van der Waals surface area contributed by atoms with Gasteiger partial charge < -0.3 is 0 Å². The van der Waals surface area contributed by atoms with Gasteiger partial charge in [-0.25, -0.2) is 23.1 Å². The third-order valence-corrected chi connectivity index (χ3v) is 4.92. The first-order valence-electron chi connectivity index (χ1n) is 6.84. The van der Waals surface area contributed by atoms with Crippen LogP contribution in [-0.2, 0) is 16.4 Å². The number of aromatic nitrogens is 2. The second kappa shape index (κ2) is 6.78. The fourth-order valence-electron chi connectivity index (χ4n) is 1.72. The van der Waals surface area contributed by atoms with E-state index in [1.807, 2.05) is 30.3 Å². The smallest absolute Gasteiger partial charge is 0.213 e. The fourth-order valence-corrected chi connectivity index (χ4v) is 2.44. The van der Waals surface area contributed by atoms with Gasteiger partial charge in [-0.05, 0) is 25.8 Å². The molecule has 112 valence electrons. The maximum atomic E-state index is 11.6. The molecule has 0 saturated heterocycles. The van der Waals surface area contributed by atoms with Gasteiger partial charge in [-0.3, -0.25) is 0 Å². The molecule has 0 bridgehead atoms. The minimum atomic E-state index is -3.21. The Morgan fingerprint density at radius 2 is 1.71 bits per heavy atom. The Morgan fingerprint density at radius 3 is 2.29 bits per heavy atom. The van der Waals surface area contributed by atoms with E-state index in [0.29, 0.717) is 18.8 Å². The molecule has 0 unspecified atom stereocenters. The van der Waals surface area contributed by atoms with Crippen LogP contribution in [0, 0.1) is 0 Å². The maximum absolute atomic E-state index is 11.6. The Morgan fingerprint density at radius 1 is 1.10 bits per heavy atom. The Labute approximate surface area is 125 Å². The summed E-state index contributed by atoms with van der Waals surface area (Å²) in [6, 6.07) is 9.72. The summed E-state index contributed by atoms with van der Waals surface area (Å²) in [5.74, 6) is 0.669. The van der Waals surface area contributed by atoms with E-state index >= 15 is 0 Å². The van der Waals surface area contributed by atoms with E-state index in [4.69, 9.17) is 0 Å². The number of benzene rings is 1. The van der Waals surface area contributed by atoms with Gasteiger partial charge in [0, 0.05) is 24.5 Å². The van der Waals surface area contributed by atoms with Crippen molar-refractivity contribution in [2.75, 3.05) is 6.54 Å². The summed E-state index contributed by atoms with van der Waals surface area (Å²) in [7, 11) is -3.21. The van der Waals surface area contributed by atoms with Crippen LogP contribution in [0.25, 0.3) is 11.4 Å². The minimum absolute atomic E-state index is 0.356.